The molecule has 6 nitrogen and oxygen atoms in total. The van der Waals surface area contributed by atoms with Crippen LogP contribution in [0.4, 0.5) is 0 Å². The summed E-state index contributed by atoms with van der Waals surface area (Å²) < 4.78 is 11.9. The highest BCUT2D eigenvalue weighted by Crippen LogP contribution is 2.42. The summed E-state index contributed by atoms with van der Waals surface area (Å²) in [5.74, 6) is 0.134. The minimum atomic E-state index is -0.537. The number of carbonyl (C=O) groups is 2. The molecule has 4 rings (SSSR count). The van der Waals surface area contributed by atoms with Crippen LogP contribution >= 0.6 is 0 Å². The van der Waals surface area contributed by atoms with Crippen molar-refractivity contribution >= 4 is 11.8 Å². The van der Waals surface area contributed by atoms with Gasteiger partial charge in [0, 0.05) is 41.2 Å². The first kappa shape index (κ1) is 21.7. The van der Waals surface area contributed by atoms with Crippen LogP contribution < -0.4 is 10.1 Å². The van der Waals surface area contributed by atoms with Crippen LogP contribution in [0.15, 0.2) is 67.0 Å². The second kappa shape index (κ2) is 8.93. The number of nitrogens with one attached hydrogen (secondary N) is 1. The van der Waals surface area contributed by atoms with Crippen molar-refractivity contribution < 1.29 is 19.1 Å². The van der Waals surface area contributed by atoms with Crippen molar-refractivity contribution in [3.63, 3.8) is 0 Å². The highest BCUT2D eigenvalue weighted by molar-refractivity contribution is 6.22. The quantitative estimate of drug-likeness (QED) is 0.441. The normalized spacial score (nSPS) is 13.3. The van der Waals surface area contributed by atoms with Crippen LogP contribution in [-0.4, -0.2) is 41.5 Å². The lowest BCUT2D eigenvalue weighted by Crippen LogP contribution is -2.44. The second-order valence-electron chi connectivity index (χ2n) is 8.76. The van der Waals surface area contributed by atoms with Crippen LogP contribution in [-0.2, 0) is 4.74 Å². The van der Waals surface area contributed by atoms with Gasteiger partial charge in [0.05, 0.1) is 5.56 Å². The van der Waals surface area contributed by atoms with E-state index in [-0.39, 0.29) is 17.9 Å². The molecule has 0 spiro atoms. The van der Waals surface area contributed by atoms with Gasteiger partial charge < -0.3 is 14.8 Å². The number of hydrogen-bond acceptors (Lipinski definition) is 6. The molecule has 2 aromatic carbocycles. The van der Waals surface area contributed by atoms with Gasteiger partial charge in [0.1, 0.15) is 18.5 Å². The highest BCUT2D eigenvalue weighted by Gasteiger charge is 2.29. The van der Waals surface area contributed by atoms with Gasteiger partial charge in [-0.05, 0) is 44.5 Å². The van der Waals surface area contributed by atoms with Crippen molar-refractivity contribution in [1.82, 2.24) is 10.3 Å². The lowest BCUT2D eigenvalue weighted by atomic mass is 10.0. The first-order valence-corrected chi connectivity index (χ1v) is 10.6. The summed E-state index contributed by atoms with van der Waals surface area (Å²) >= 11 is 0. The molecule has 1 aromatic heterocycles. The Labute approximate surface area is 187 Å². The number of benzene rings is 2. The molecule has 0 radical (unpaired) electrons. The van der Waals surface area contributed by atoms with Crippen LogP contribution in [0.5, 0.6) is 5.75 Å². The van der Waals surface area contributed by atoms with E-state index in [4.69, 9.17) is 9.47 Å². The Bertz CT molecular complexity index is 1140. The average Bonchev–Trinajstić information content (AvgIpc) is 3.08. The molecule has 0 saturated heterocycles. The van der Waals surface area contributed by atoms with Gasteiger partial charge in [-0.25, -0.2) is 4.79 Å². The monoisotopic (exact) mass is 430 g/mol. The number of esters is 1. The molecule has 1 aliphatic rings. The van der Waals surface area contributed by atoms with E-state index in [0.717, 1.165) is 11.1 Å². The van der Waals surface area contributed by atoms with Crippen molar-refractivity contribution in [2.45, 2.75) is 32.4 Å². The van der Waals surface area contributed by atoms with E-state index in [1.165, 1.54) is 6.20 Å². The number of carbonyl (C=O) groups excluding carboxylic acids is 2. The van der Waals surface area contributed by atoms with Crippen LogP contribution in [0, 0.1) is 0 Å². The third-order valence-electron chi connectivity index (χ3n) is 5.17. The maximum absolute atomic E-state index is 12.8. The van der Waals surface area contributed by atoms with Crippen molar-refractivity contribution in [3.05, 3.63) is 83.7 Å². The van der Waals surface area contributed by atoms with Crippen LogP contribution in [0.3, 0.4) is 0 Å². The number of ether oxygens (including phenoxy) is 2. The van der Waals surface area contributed by atoms with Crippen LogP contribution in [0.2, 0.25) is 0 Å². The molecule has 0 aliphatic heterocycles. The van der Waals surface area contributed by atoms with Gasteiger partial charge in [0.15, 0.2) is 5.78 Å². The number of ketones is 1. The fourth-order valence-electron chi connectivity index (χ4n) is 3.60. The molecular weight excluding hydrogens is 404 g/mol. The minimum Gasteiger partial charge on any atom is -0.489 e. The summed E-state index contributed by atoms with van der Waals surface area (Å²) in [6, 6.07) is 16.3. The Morgan fingerprint density at radius 2 is 1.75 bits per heavy atom. The smallest absolute Gasteiger partial charge is 0.340 e. The molecule has 1 unspecified atom stereocenters. The number of rotatable bonds is 7. The largest absolute Gasteiger partial charge is 0.489 e. The predicted octanol–water partition coefficient (Wildman–Crippen LogP) is 4.29. The molecular formula is C26H26N2O4. The van der Waals surface area contributed by atoms with E-state index in [1.807, 2.05) is 63.2 Å². The number of aromatic nitrogens is 1. The molecule has 0 saturated carbocycles. The zero-order chi connectivity index (χ0) is 22.7. The number of fused-ring (bicyclic) bond motifs is 3. The number of pyridine rings is 1. The molecule has 1 aliphatic carbocycles. The van der Waals surface area contributed by atoms with Crippen molar-refractivity contribution in [1.29, 1.82) is 0 Å². The zero-order valence-corrected chi connectivity index (χ0v) is 18.4. The summed E-state index contributed by atoms with van der Waals surface area (Å²) in [4.78, 5) is 29.3. The van der Waals surface area contributed by atoms with E-state index < -0.39 is 12.1 Å². The van der Waals surface area contributed by atoms with Crippen molar-refractivity contribution in [3.8, 4) is 16.9 Å². The van der Waals surface area contributed by atoms with Crippen LogP contribution in [0.1, 0.15) is 47.1 Å². The zero-order valence-electron chi connectivity index (χ0n) is 18.4. The van der Waals surface area contributed by atoms with Crippen molar-refractivity contribution in [2.75, 3.05) is 13.2 Å². The average molecular weight is 431 g/mol. The third-order valence-corrected chi connectivity index (χ3v) is 5.17. The Hall–Kier alpha value is -3.51. The summed E-state index contributed by atoms with van der Waals surface area (Å²) in [5.41, 5.74) is 3.17. The Morgan fingerprint density at radius 3 is 2.47 bits per heavy atom. The molecule has 1 N–H and O–H groups in total. The first-order chi connectivity index (χ1) is 15.3. The van der Waals surface area contributed by atoms with E-state index in [1.54, 1.807) is 18.3 Å². The molecule has 32 heavy (non-hydrogen) atoms. The molecule has 0 fully saturated rings. The fourth-order valence-corrected chi connectivity index (χ4v) is 3.60. The van der Waals surface area contributed by atoms with E-state index in [2.05, 4.69) is 10.3 Å². The summed E-state index contributed by atoms with van der Waals surface area (Å²) in [7, 11) is 0. The predicted molar refractivity (Wildman–Crippen MR) is 122 cm³/mol. The second-order valence-corrected chi connectivity index (χ2v) is 8.76. The third kappa shape index (κ3) is 4.70. The topological polar surface area (TPSA) is 77.5 Å². The molecule has 0 bridgehead atoms. The van der Waals surface area contributed by atoms with Gasteiger partial charge in [-0.3, -0.25) is 9.78 Å². The summed E-state index contributed by atoms with van der Waals surface area (Å²) in [5, 5.41) is 3.36. The molecule has 1 heterocycles. The molecule has 0 amide bonds. The Balaban J connectivity index is 1.54. The maximum atomic E-state index is 12.8. The van der Waals surface area contributed by atoms with Crippen molar-refractivity contribution in [2.24, 2.45) is 0 Å². The SMILES string of the molecule is CC(C)(C)NCC(COc1cccc2c1-c1ccccc1C2=O)OC(=O)c1cccnc1. The van der Waals surface area contributed by atoms with Crippen LogP contribution in [0.25, 0.3) is 11.1 Å². The number of hydrogen-bond donors (Lipinski definition) is 1. The maximum Gasteiger partial charge on any atom is 0.340 e. The first-order valence-electron chi connectivity index (χ1n) is 10.6. The van der Waals surface area contributed by atoms with Gasteiger partial charge in [0.25, 0.3) is 0 Å². The van der Waals surface area contributed by atoms with Gasteiger partial charge in [-0.15, -0.1) is 0 Å². The molecule has 1 atom stereocenters. The number of nitrogens with zero attached hydrogens (tertiary/aromatic N) is 1. The van der Waals surface area contributed by atoms with Gasteiger partial charge >= 0.3 is 5.97 Å². The highest BCUT2D eigenvalue weighted by atomic mass is 16.6. The molecule has 6 heteroatoms. The molecule has 164 valence electrons. The van der Waals surface area contributed by atoms with E-state index in [0.29, 0.717) is 29.0 Å². The van der Waals surface area contributed by atoms with E-state index >= 15 is 0 Å². The lowest BCUT2D eigenvalue weighted by Gasteiger charge is -2.25. The Morgan fingerprint density at radius 1 is 1.00 bits per heavy atom. The summed E-state index contributed by atoms with van der Waals surface area (Å²) in [6.45, 7) is 6.68. The Kier molecular flexibility index (Phi) is 6.06. The van der Waals surface area contributed by atoms with E-state index in [9.17, 15) is 9.59 Å². The molecule has 3 aromatic rings. The standard InChI is InChI=1S/C26H26N2O4/c1-26(2,3)28-15-18(32-25(30)17-8-7-13-27-14-17)16-31-22-12-6-11-21-23(22)19-9-4-5-10-20(19)24(21)29/h4-14,18,28H,15-16H2,1-3H3. The van der Waals surface area contributed by atoms with Gasteiger partial charge in [0.2, 0.25) is 0 Å². The fraction of sp³-hybridized carbons (Fsp3) is 0.269. The van der Waals surface area contributed by atoms with Gasteiger partial charge in [-0.2, -0.15) is 0 Å². The summed E-state index contributed by atoms with van der Waals surface area (Å²) in [6.07, 6.45) is 2.54. The van der Waals surface area contributed by atoms with Gasteiger partial charge in [-0.1, -0.05) is 36.4 Å². The lowest BCUT2D eigenvalue weighted by molar-refractivity contribution is 0.0161. The minimum absolute atomic E-state index is 0.00463.